The molecule has 3 N–H and O–H groups in total. The minimum atomic E-state index is -1.01. The van der Waals surface area contributed by atoms with Crippen molar-refractivity contribution in [3.8, 4) is 0 Å². The predicted octanol–water partition coefficient (Wildman–Crippen LogP) is 4.07. The smallest absolute Gasteiger partial charge is 0.144 e. The maximum atomic E-state index is 14.1. The number of fused-ring (bicyclic) bond motifs is 1. The molecule has 1 aliphatic heterocycles. The molecule has 0 saturated heterocycles. The van der Waals surface area contributed by atoms with Crippen molar-refractivity contribution in [1.29, 1.82) is 10.8 Å². The van der Waals surface area contributed by atoms with Crippen molar-refractivity contribution in [3.63, 3.8) is 0 Å². The van der Waals surface area contributed by atoms with Crippen molar-refractivity contribution in [2.75, 3.05) is 11.9 Å². The second kappa shape index (κ2) is 6.03. The highest BCUT2D eigenvalue weighted by atomic mass is 32.2. The molecule has 0 radical (unpaired) electrons. The van der Waals surface area contributed by atoms with Gasteiger partial charge in [-0.25, -0.2) is 14.4 Å². The van der Waals surface area contributed by atoms with E-state index in [0.717, 1.165) is 16.9 Å². The lowest BCUT2D eigenvalue weighted by Crippen LogP contribution is -2.33. The first-order chi connectivity index (χ1) is 10.9. The summed E-state index contributed by atoms with van der Waals surface area (Å²) in [4.78, 5) is 9.35. The van der Waals surface area contributed by atoms with E-state index in [-0.39, 0.29) is 0 Å². The molecule has 3 rings (SSSR count). The van der Waals surface area contributed by atoms with Crippen LogP contribution in [0.4, 0.5) is 10.2 Å². The lowest BCUT2D eigenvalue weighted by Gasteiger charge is -2.33. The summed E-state index contributed by atoms with van der Waals surface area (Å²) in [6.07, 6.45) is 4.22. The third-order valence-corrected chi connectivity index (χ3v) is 5.52. The zero-order valence-corrected chi connectivity index (χ0v) is 14.1. The van der Waals surface area contributed by atoms with Gasteiger partial charge in [0.15, 0.2) is 0 Å². The van der Waals surface area contributed by atoms with Crippen LogP contribution in [-0.2, 0) is 0 Å². The van der Waals surface area contributed by atoms with E-state index < -0.39 is 5.67 Å². The van der Waals surface area contributed by atoms with Gasteiger partial charge in [-0.1, -0.05) is 11.8 Å². The molecule has 1 aromatic heterocycles. The summed E-state index contributed by atoms with van der Waals surface area (Å²) in [7, 11) is 0. The zero-order valence-electron chi connectivity index (χ0n) is 13.3. The van der Waals surface area contributed by atoms with Gasteiger partial charge in [-0.3, -0.25) is 5.41 Å². The van der Waals surface area contributed by atoms with E-state index >= 15 is 0 Å². The first kappa shape index (κ1) is 16.1. The molecule has 0 spiro atoms. The van der Waals surface area contributed by atoms with Gasteiger partial charge in [0.25, 0.3) is 0 Å². The predicted molar refractivity (Wildman–Crippen MR) is 92.4 cm³/mol. The molecule has 0 unspecified atom stereocenters. The van der Waals surface area contributed by atoms with Crippen LogP contribution < -0.4 is 5.32 Å². The fraction of sp³-hybridized carbons (Fsp3) is 0.500. The summed E-state index contributed by atoms with van der Waals surface area (Å²) in [6, 6.07) is 0. The van der Waals surface area contributed by atoms with Crippen LogP contribution in [-0.4, -0.2) is 32.9 Å². The average Bonchev–Trinajstić information content (AvgIpc) is 2.81. The van der Waals surface area contributed by atoms with E-state index in [0.29, 0.717) is 53.6 Å². The fourth-order valence-electron chi connectivity index (χ4n) is 2.79. The highest BCUT2D eigenvalue weighted by Gasteiger charge is 2.36. The monoisotopic (exact) mass is 333 g/mol. The van der Waals surface area contributed by atoms with Gasteiger partial charge in [0.2, 0.25) is 0 Å². The summed E-state index contributed by atoms with van der Waals surface area (Å²) in [5.41, 5.74) is 1.56. The van der Waals surface area contributed by atoms with Crippen LogP contribution in [0.25, 0.3) is 5.57 Å². The number of hydrogen-bond donors (Lipinski definition) is 3. The molecule has 0 amide bonds. The number of nitrogens with zero attached hydrogens (tertiary/aromatic N) is 2. The quantitative estimate of drug-likeness (QED) is 0.709. The Morgan fingerprint density at radius 1 is 1.39 bits per heavy atom. The van der Waals surface area contributed by atoms with Crippen LogP contribution >= 0.6 is 11.8 Å². The van der Waals surface area contributed by atoms with Gasteiger partial charge in [0.05, 0.1) is 10.6 Å². The molecule has 2 heterocycles. The summed E-state index contributed by atoms with van der Waals surface area (Å²) < 4.78 is 14.1. The number of alkyl halides is 1. The average molecular weight is 333 g/mol. The van der Waals surface area contributed by atoms with Crippen molar-refractivity contribution in [2.45, 2.75) is 50.1 Å². The van der Waals surface area contributed by atoms with Gasteiger partial charge in [-0.2, -0.15) is 0 Å². The van der Waals surface area contributed by atoms with Crippen LogP contribution in [0.2, 0.25) is 0 Å². The largest absolute Gasteiger partial charge is 0.369 e. The molecular weight excluding hydrogens is 313 g/mol. The Hall–Kier alpha value is -1.76. The van der Waals surface area contributed by atoms with Crippen LogP contribution in [0.5, 0.6) is 0 Å². The fourth-order valence-corrected chi connectivity index (χ4v) is 3.81. The number of hydrogen-bond acceptors (Lipinski definition) is 6. The molecule has 5 nitrogen and oxygen atoms in total. The van der Waals surface area contributed by atoms with Gasteiger partial charge in [0.1, 0.15) is 22.9 Å². The Kier molecular flexibility index (Phi) is 4.23. The Labute approximate surface area is 139 Å². The Balaban J connectivity index is 1.82. The SMILES string of the molecule is CC(=N)/C(C)=C1\C(=N)Sc2c(NCCC3(F)CCC3)ncnc21. The van der Waals surface area contributed by atoms with Gasteiger partial charge in [-0.15, -0.1) is 0 Å². The first-order valence-electron chi connectivity index (χ1n) is 7.73. The molecule has 1 aliphatic carbocycles. The third kappa shape index (κ3) is 3.02. The van der Waals surface area contributed by atoms with Crippen molar-refractivity contribution in [2.24, 2.45) is 0 Å². The molecule has 2 aliphatic rings. The Morgan fingerprint density at radius 3 is 2.74 bits per heavy atom. The van der Waals surface area contributed by atoms with E-state index in [1.54, 1.807) is 6.92 Å². The minimum absolute atomic E-state index is 0.383. The number of aromatic nitrogens is 2. The van der Waals surface area contributed by atoms with Crippen LogP contribution in [0.1, 0.15) is 45.2 Å². The van der Waals surface area contributed by atoms with Gasteiger partial charge < -0.3 is 10.7 Å². The van der Waals surface area contributed by atoms with Crippen molar-refractivity contribution in [1.82, 2.24) is 9.97 Å². The minimum Gasteiger partial charge on any atom is -0.369 e. The topological polar surface area (TPSA) is 85.5 Å². The van der Waals surface area contributed by atoms with Crippen molar-refractivity contribution >= 4 is 33.9 Å². The molecule has 0 aromatic carbocycles. The van der Waals surface area contributed by atoms with Crippen LogP contribution in [0.15, 0.2) is 16.8 Å². The standard InChI is InChI=1S/C16H20FN5S/c1-9(10(2)18)11-12-13(23-14(11)19)15(22-8-21-12)20-7-6-16(17)4-3-5-16/h8,18-19H,3-7H2,1-2H3,(H,20,21,22)/b11-9-,18-10?,19-14?. The lowest BCUT2D eigenvalue weighted by molar-refractivity contribution is 0.0578. The van der Waals surface area contributed by atoms with Crippen LogP contribution in [0, 0.1) is 10.8 Å². The normalized spacial score (nSPS) is 20.7. The molecule has 1 aromatic rings. The summed E-state index contributed by atoms with van der Waals surface area (Å²) in [5.74, 6) is 0.651. The lowest BCUT2D eigenvalue weighted by atomic mass is 9.80. The van der Waals surface area contributed by atoms with Crippen molar-refractivity contribution in [3.05, 3.63) is 17.6 Å². The molecule has 122 valence electrons. The number of halogens is 1. The van der Waals surface area contributed by atoms with Gasteiger partial charge in [0, 0.05) is 17.8 Å². The molecule has 1 fully saturated rings. The summed E-state index contributed by atoms with van der Waals surface area (Å²) >= 11 is 1.30. The van der Waals surface area contributed by atoms with E-state index in [9.17, 15) is 4.39 Å². The van der Waals surface area contributed by atoms with E-state index in [1.165, 1.54) is 18.1 Å². The molecule has 7 heteroatoms. The maximum Gasteiger partial charge on any atom is 0.144 e. The highest BCUT2D eigenvalue weighted by molar-refractivity contribution is 8.15. The number of anilines is 1. The molecular formula is C16H20FN5S. The molecule has 1 saturated carbocycles. The Bertz CT molecular complexity index is 708. The zero-order chi connectivity index (χ0) is 16.6. The number of rotatable bonds is 5. The first-order valence-corrected chi connectivity index (χ1v) is 8.54. The number of allylic oxidation sites excluding steroid dienone is 1. The van der Waals surface area contributed by atoms with E-state index in [4.69, 9.17) is 10.8 Å². The number of nitrogens with one attached hydrogen (secondary N) is 3. The second-order valence-electron chi connectivity index (χ2n) is 6.14. The van der Waals surface area contributed by atoms with Gasteiger partial charge in [-0.05, 0) is 45.1 Å². The van der Waals surface area contributed by atoms with Crippen molar-refractivity contribution < 1.29 is 4.39 Å². The molecule has 0 bridgehead atoms. The highest BCUT2D eigenvalue weighted by Crippen LogP contribution is 2.44. The van der Waals surface area contributed by atoms with Crippen LogP contribution in [0.3, 0.4) is 0 Å². The third-order valence-electron chi connectivity index (χ3n) is 4.52. The Morgan fingerprint density at radius 2 is 2.13 bits per heavy atom. The summed E-state index contributed by atoms with van der Waals surface area (Å²) in [6.45, 7) is 4.06. The molecule has 23 heavy (non-hydrogen) atoms. The van der Waals surface area contributed by atoms with Gasteiger partial charge >= 0.3 is 0 Å². The summed E-state index contributed by atoms with van der Waals surface area (Å²) in [5, 5.41) is 19.5. The maximum absolute atomic E-state index is 14.1. The molecule has 0 atom stereocenters. The number of thioether (sulfide) groups is 1. The second-order valence-corrected chi connectivity index (χ2v) is 7.16. The van der Waals surface area contributed by atoms with E-state index in [2.05, 4.69) is 15.3 Å². The van der Waals surface area contributed by atoms with E-state index in [1.807, 2.05) is 6.92 Å².